The predicted octanol–water partition coefficient (Wildman–Crippen LogP) is 0.768. The van der Waals surface area contributed by atoms with Crippen molar-refractivity contribution in [3.8, 4) is 11.5 Å². The summed E-state index contributed by atoms with van der Waals surface area (Å²) < 4.78 is 10.7. The molecule has 3 aliphatic heterocycles. The number of quaternary nitrogens is 1. The van der Waals surface area contributed by atoms with Crippen LogP contribution in [0.15, 0.2) is 48.7 Å². The van der Waals surface area contributed by atoms with E-state index in [9.17, 15) is 14.4 Å². The molecule has 2 amide bonds. The molecule has 3 heterocycles. The Hall–Kier alpha value is -3.45. The molecular weight excluding hydrogens is 384 g/mol. The highest BCUT2D eigenvalue weighted by atomic mass is 16.5. The van der Waals surface area contributed by atoms with Crippen LogP contribution in [0.3, 0.4) is 0 Å². The van der Waals surface area contributed by atoms with Crippen LogP contribution in [0.2, 0.25) is 0 Å². The first kappa shape index (κ1) is 18.6. The van der Waals surface area contributed by atoms with Crippen molar-refractivity contribution in [2.45, 2.75) is 12.1 Å². The minimum Gasteiger partial charge on any atom is -0.497 e. The van der Waals surface area contributed by atoms with Crippen molar-refractivity contribution >= 4 is 23.7 Å². The Morgan fingerprint density at radius 3 is 2.53 bits per heavy atom. The maximum atomic E-state index is 13.8. The third-order valence-electron chi connectivity index (χ3n) is 6.42. The molecule has 2 N–H and O–H groups in total. The first-order chi connectivity index (χ1) is 14.5. The summed E-state index contributed by atoms with van der Waals surface area (Å²) in [6, 6.07) is 11.8. The van der Waals surface area contributed by atoms with E-state index >= 15 is 0 Å². The molecule has 5 rings (SSSR count). The Morgan fingerprint density at radius 2 is 1.77 bits per heavy atom. The molecule has 7 nitrogen and oxygen atoms in total. The van der Waals surface area contributed by atoms with Crippen LogP contribution in [-0.2, 0) is 9.59 Å². The maximum absolute atomic E-state index is 13.8. The zero-order valence-electron chi connectivity index (χ0n) is 16.5. The van der Waals surface area contributed by atoms with Crippen LogP contribution in [0.25, 0.3) is 6.08 Å². The summed E-state index contributed by atoms with van der Waals surface area (Å²) in [7, 11) is 3.02. The number of amides is 2. The van der Waals surface area contributed by atoms with Gasteiger partial charge in [-0.25, -0.2) is 0 Å². The molecule has 1 unspecified atom stereocenters. The van der Waals surface area contributed by atoms with E-state index in [0.29, 0.717) is 17.1 Å². The summed E-state index contributed by atoms with van der Waals surface area (Å²) in [6.07, 6.45) is 3.86. The molecule has 2 saturated heterocycles. The predicted molar refractivity (Wildman–Crippen MR) is 107 cm³/mol. The molecule has 7 heteroatoms. The molecule has 5 atom stereocenters. The van der Waals surface area contributed by atoms with E-state index in [-0.39, 0.29) is 17.7 Å². The first-order valence-electron chi connectivity index (χ1n) is 9.80. The molecule has 0 bridgehead atoms. The number of nitrogens with one attached hydrogen (secondary N) is 2. The van der Waals surface area contributed by atoms with Gasteiger partial charge >= 0.3 is 0 Å². The Balaban J connectivity index is 1.65. The van der Waals surface area contributed by atoms with Crippen molar-refractivity contribution in [3.05, 3.63) is 65.4 Å². The zero-order valence-corrected chi connectivity index (χ0v) is 16.5. The Kier molecular flexibility index (Phi) is 4.22. The van der Waals surface area contributed by atoms with Crippen molar-refractivity contribution in [2.75, 3.05) is 14.2 Å². The van der Waals surface area contributed by atoms with Crippen LogP contribution in [0.5, 0.6) is 11.5 Å². The second-order valence-corrected chi connectivity index (χ2v) is 7.75. The van der Waals surface area contributed by atoms with Gasteiger partial charge < -0.3 is 9.47 Å². The number of methoxy groups -OCH3 is 2. The van der Waals surface area contributed by atoms with E-state index < -0.39 is 23.8 Å². The number of hydrogen-bond acceptors (Lipinski definition) is 5. The van der Waals surface area contributed by atoms with E-state index in [1.54, 1.807) is 18.2 Å². The van der Waals surface area contributed by atoms with Gasteiger partial charge in [0.05, 0.1) is 26.0 Å². The molecule has 0 radical (unpaired) electrons. The number of carbonyl (C=O) groups excluding carboxylic acids is 3. The van der Waals surface area contributed by atoms with Gasteiger partial charge in [-0.1, -0.05) is 24.3 Å². The van der Waals surface area contributed by atoms with Crippen LogP contribution in [-0.4, -0.2) is 37.9 Å². The number of carbonyl (C=O) groups is 3. The number of ketones is 1. The molecule has 152 valence electrons. The largest absolute Gasteiger partial charge is 0.497 e. The standard InChI is InChI=1S/C23H20N2O5/c1-29-13-7-8-16(30-2)15(11-13)21(26)20-18-17(22(27)24-23(18)28)19-14-6-4-3-5-12(14)9-10-25(19)20/h3-11,17-20H,1-2H3,(H,24,27,28)/p+1/t17-,18+,19-,20+/m0/s1. The van der Waals surface area contributed by atoms with E-state index in [1.807, 2.05) is 36.5 Å². The van der Waals surface area contributed by atoms with E-state index in [4.69, 9.17) is 9.47 Å². The third-order valence-corrected chi connectivity index (χ3v) is 6.42. The smallest absolute Gasteiger partial charge is 0.237 e. The summed E-state index contributed by atoms with van der Waals surface area (Å²) in [4.78, 5) is 40.1. The molecule has 30 heavy (non-hydrogen) atoms. The Bertz CT molecular complexity index is 1110. The first-order valence-corrected chi connectivity index (χ1v) is 9.80. The molecule has 2 fully saturated rings. The summed E-state index contributed by atoms with van der Waals surface area (Å²) >= 11 is 0. The van der Waals surface area contributed by atoms with Crippen molar-refractivity contribution in [1.29, 1.82) is 0 Å². The van der Waals surface area contributed by atoms with Crippen molar-refractivity contribution in [1.82, 2.24) is 5.32 Å². The van der Waals surface area contributed by atoms with E-state index in [1.165, 1.54) is 14.2 Å². The fourth-order valence-corrected chi connectivity index (χ4v) is 5.14. The SMILES string of the molecule is COc1ccc(OC)c(C(=O)[C@H]2[C@@H]3C(=O)NC(=O)[C@@H]3[C@@H]3c4ccccc4C=C[NH+]23)c1. The second kappa shape index (κ2) is 6.81. The van der Waals surface area contributed by atoms with Crippen LogP contribution in [0.4, 0.5) is 0 Å². The van der Waals surface area contributed by atoms with Gasteiger partial charge in [0, 0.05) is 5.56 Å². The average Bonchev–Trinajstić information content (AvgIpc) is 3.27. The van der Waals surface area contributed by atoms with E-state index in [0.717, 1.165) is 16.0 Å². The van der Waals surface area contributed by atoms with Crippen LogP contribution in [0, 0.1) is 11.8 Å². The van der Waals surface area contributed by atoms with Gasteiger partial charge in [0.1, 0.15) is 29.4 Å². The van der Waals surface area contributed by atoms with Gasteiger partial charge in [-0.05, 0) is 29.8 Å². The van der Waals surface area contributed by atoms with Crippen molar-refractivity contribution < 1.29 is 28.8 Å². The minimum atomic E-state index is -0.739. The zero-order chi connectivity index (χ0) is 21.0. The monoisotopic (exact) mass is 405 g/mol. The van der Waals surface area contributed by atoms with Crippen LogP contribution < -0.4 is 19.7 Å². The highest BCUT2D eigenvalue weighted by molar-refractivity contribution is 6.11. The number of rotatable bonds is 4. The molecule has 0 saturated carbocycles. The lowest BCUT2D eigenvalue weighted by Crippen LogP contribution is -3.12. The quantitative estimate of drug-likeness (QED) is 0.580. The average molecular weight is 405 g/mol. The number of fused-ring (bicyclic) bond motifs is 5. The van der Waals surface area contributed by atoms with Crippen molar-refractivity contribution in [2.24, 2.45) is 11.8 Å². The molecule has 2 aromatic carbocycles. The third kappa shape index (κ3) is 2.52. The lowest BCUT2D eigenvalue weighted by Gasteiger charge is -2.29. The topological polar surface area (TPSA) is 86.1 Å². The highest BCUT2D eigenvalue weighted by Gasteiger charge is 2.65. The van der Waals surface area contributed by atoms with E-state index in [2.05, 4.69) is 5.32 Å². The maximum Gasteiger partial charge on any atom is 0.237 e. The molecule has 2 aromatic rings. The Labute approximate surface area is 173 Å². The molecule has 0 spiro atoms. The van der Waals surface area contributed by atoms with Gasteiger partial charge in [0.2, 0.25) is 17.6 Å². The van der Waals surface area contributed by atoms with Gasteiger partial charge in [-0.3, -0.25) is 24.6 Å². The molecule has 0 aliphatic carbocycles. The highest BCUT2D eigenvalue weighted by Crippen LogP contribution is 2.41. The van der Waals surface area contributed by atoms with Gasteiger partial charge in [-0.2, -0.15) is 0 Å². The lowest BCUT2D eigenvalue weighted by molar-refractivity contribution is -0.884. The normalized spacial score (nSPS) is 28.4. The number of hydrogen-bond donors (Lipinski definition) is 2. The fourth-order valence-electron chi connectivity index (χ4n) is 5.14. The number of benzene rings is 2. The molecule has 3 aliphatic rings. The summed E-state index contributed by atoms with van der Waals surface area (Å²) in [5.74, 6) is -1.35. The van der Waals surface area contributed by atoms with Gasteiger partial charge in [-0.15, -0.1) is 0 Å². The van der Waals surface area contributed by atoms with Gasteiger partial charge in [0.15, 0.2) is 6.04 Å². The summed E-state index contributed by atoms with van der Waals surface area (Å²) in [5.41, 5.74) is 2.32. The minimum absolute atomic E-state index is 0.243. The van der Waals surface area contributed by atoms with Gasteiger partial charge in [0.25, 0.3) is 0 Å². The Morgan fingerprint density at radius 1 is 1.00 bits per heavy atom. The number of Topliss-reactive ketones (excluding diaryl/α,β-unsaturated/α-hetero) is 1. The van der Waals surface area contributed by atoms with Crippen LogP contribution in [0.1, 0.15) is 27.5 Å². The number of ether oxygens (including phenoxy) is 2. The molecular formula is C23H21N2O5+. The number of imide groups is 1. The van der Waals surface area contributed by atoms with Crippen LogP contribution >= 0.6 is 0 Å². The second-order valence-electron chi connectivity index (χ2n) is 7.75. The molecule has 0 aromatic heterocycles. The lowest BCUT2D eigenvalue weighted by atomic mass is 9.83. The van der Waals surface area contributed by atoms with Crippen molar-refractivity contribution in [3.63, 3.8) is 0 Å². The summed E-state index contributed by atoms with van der Waals surface area (Å²) in [5, 5.41) is 2.45. The summed E-state index contributed by atoms with van der Waals surface area (Å²) in [6.45, 7) is 0. The fraction of sp³-hybridized carbons (Fsp3) is 0.261.